The van der Waals surface area contributed by atoms with E-state index >= 15 is 0 Å². The highest BCUT2D eigenvalue weighted by molar-refractivity contribution is 6.38. The highest BCUT2D eigenvalue weighted by Gasteiger charge is 2.41. The first-order chi connectivity index (χ1) is 24.3. The minimum absolute atomic E-state index is 0.00587. The lowest BCUT2D eigenvalue weighted by Crippen LogP contribution is -2.32. The van der Waals surface area contributed by atoms with Gasteiger partial charge in [0, 0.05) is 11.3 Å². The third-order valence-electron chi connectivity index (χ3n) is 9.02. The summed E-state index contributed by atoms with van der Waals surface area (Å²) in [6, 6.07) is 24.7. The summed E-state index contributed by atoms with van der Waals surface area (Å²) < 4.78 is 0. The number of benzene rings is 4. The number of fused-ring (bicyclic) bond motifs is 1. The number of amides is 5. The van der Waals surface area contributed by atoms with E-state index in [0.29, 0.717) is 11.3 Å². The van der Waals surface area contributed by atoms with E-state index in [1.807, 2.05) is 24.3 Å². The molecule has 5 rings (SSSR count). The summed E-state index contributed by atoms with van der Waals surface area (Å²) in [4.78, 5) is 67.7. The second-order valence-electron chi connectivity index (χ2n) is 12.6. The molecule has 0 unspecified atom stereocenters. The van der Waals surface area contributed by atoms with Crippen LogP contribution in [0.1, 0.15) is 128 Å². The van der Waals surface area contributed by atoms with E-state index in [-0.39, 0.29) is 33.6 Å². The lowest BCUT2D eigenvalue weighted by Gasteiger charge is -2.17. The predicted octanol–water partition coefficient (Wildman–Crippen LogP) is 8.55. The molecule has 0 spiro atoms. The molecule has 4 N–H and O–H groups in total. The SMILES string of the molecule is CCCCCCCCCCCCc1ccc(NC(=O)c2ccc3c(c2NC(=O)c2ccccc2)C(=O)N(c2ccccc2C(N)=O)C3=O)cc1. The molecule has 0 saturated carbocycles. The van der Waals surface area contributed by atoms with Crippen molar-refractivity contribution < 1.29 is 24.0 Å². The molecule has 4 aromatic rings. The second-order valence-corrected chi connectivity index (χ2v) is 12.6. The Kier molecular flexibility index (Phi) is 12.3. The lowest BCUT2D eigenvalue weighted by molar-refractivity contribution is 0.0925. The first-order valence-electron chi connectivity index (χ1n) is 17.5. The number of unbranched alkanes of at least 4 members (excludes halogenated alkanes) is 9. The monoisotopic (exact) mass is 672 g/mol. The van der Waals surface area contributed by atoms with E-state index in [9.17, 15) is 24.0 Å². The van der Waals surface area contributed by atoms with Crippen molar-refractivity contribution in [3.8, 4) is 0 Å². The average molecular weight is 673 g/mol. The molecule has 1 aliphatic heterocycles. The number of carbonyl (C=O) groups excluding carboxylic acids is 5. The smallest absolute Gasteiger partial charge is 0.268 e. The van der Waals surface area contributed by atoms with Gasteiger partial charge >= 0.3 is 0 Å². The molecule has 0 bridgehead atoms. The maximum atomic E-state index is 14.0. The maximum Gasteiger partial charge on any atom is 0.268 e. The van der Waals surface area contributed by atoms with Crippen LogP contribution in [-0.4, -0.2) is 29.5 Å². The highest BCUT2D eigenvalue weighted by Crippen LogP contribution is 2.37. The summed E-state index contributed by atoms with van der Waals surface area (Å²) in [7, 11) is 0. The van der Waals surface area contributed by atoms with Gasteiger partial charge < -0.3 is 16.4 Å². The molecule has 0 atom stereocenters. The number of nitrogens with two attached hydrogens (primary N) is 1. The van der Waals surface area contributed by atoms with Crippen LogP contribution in [0.15, 0.2) is 91.0 Å². The maximum absolute atomic E-state index is 14.0. The summed E-state index contributed by atoms with van der Waals surface area (Å²) in [5.74, 6) is -3.47. The molecule has 9 heteroatoms. The molecule has 4 aromatic carbocycles. The summed E-state index contributed by atoms with van der Waals surface area (Å²) in [5, 5.41) is 5.60. The van der Waals surface area contributed by atoms with Crippen LogP contribution in [0, 0.1) is 0 Å². The minimum Gasteiger partial charge on any atom is -0.366 e. The van der Waals surface area contributed by atoms with Gasteiger partial charge in [0.05, 0.1) is 33.6 Å². The van der Waals surface area contributed by atoms with E-state index in [1.165, 1.54) is 87.6 Å². The van der Waals surface area contributed by atoms with Gasteiger partial charge in [0.15, 0.2) is 0 Å². The Hall–Kier alpha value is -5.57. The van der Waals surface area contributed by atoms with Crippen molar-refractivity contribution in [2.24, 2.45) is 5.73 Å². The van der Waals surface area contributed by atoms with Gasteiger partial charge in [-0.05, 0) is 66.9 Å². The van der Waals surface area contributed by atoms with Crippen molar-refractivity contribution in [3.63, 3.8) is 0 Å². The molecule has 0 radical (unpaired) electrons. The molecule has 0 aliphatic carbocycles. The summed E-state index contributed by atoms with van der Waals surface area (Å²) >= 11 is 0. The number of carbonyl (C=O) groups is 5. The molecule has 258 valence electrons. The molecule has 1 heterocycles. The Morgan fingerprint density at radius 1 is 0.620 bits per heavy atom. The van der Waals surface area contributed by atoms with Crippen molar-refractivity contribution >= 4 is 46.6 Å². The van der Waals surface area contributed by atoms with E-state index < -0.39 is 29.5 Å². The molecule has 9 nitrogen and oxygen atoms in total. The van der Waals surface area contributed by atoms with E-state index in [4.69, 9.17) is 5.73 Å². The van der Waals surface area contributed by atoms with Crippen LogP contribution in [0.25, 0.3) is 0 Å². The number of imide groups is 1. The molecular formula is C41H44N4O5. The average Bonchev–Trinajstić information content (AvgIpc) is 3.39. The number of hydrogen-bond donors (Lipinski definition) is 3. The van der Waals surface area contributed by atoms with Gasteiger partial charge in [-0.15, -0.1) is 0 Å². The molecule has 0 aromatic heterocycles. The Bertz CT molecular complexity index is 1850. The van der Waals surface area contributed by atoms with Gasteiger partial charge in [-0.1, -0.05) is 107 Å². The number of aryl methyl sites for hydroxylation is 1. The van der Waals surface area contributed by atoms with E-state index in [0.717, 1.165) is 17.7 Å². The van der Waals surface area contributed by atoms with Crippen molar-refractivity contribution in [1.82, 2.24) is 0 Å². The van der Waals surface area contributed by atoms with Crippen LogP contribution in [-0.2, 0) is 6.42 Å². The molecule has 0 saturated heterocycles. The van der Waals surface area contributed by atoms with Crippen LogP contribution < -0.4 is 21.3 Å². The second kappa shape index (κ2) is 17.2. The summed E-state index contributed by atoms with van der Waals surface area (Å²) in [6.45, 7) is 2.24. The van der Waals surface area contributed by atoms with Crippen molar-refractivity contribution in [1.29, 1.82) is 0 Å². The van der Waals surface area contributed by atoms with Gasteiger partial charge in [0.25, 0.3) is 29.5 Å². The Morgan fingerprint density at radius 2 is 1.24 bits per heavy atom. The first kappa shape index (κ1) is 35.7. The predicted molar refractivity (Wildman–Crippen MR) is 197 cm³/mol. The zero-order valence-electron chi connectivity index (χ0n) is 28.5. The Morgan fingerprint density at radius 3 is 1.90 bits per heavy atom. The van der Waals surface area contributed by atoms with Crippen molar-refractivity contribution in [2.45, 2.75) is 77.6 Å². The lowest BCUT2D eigenvalue weighted by atomic mass is 10.0. The van der Waals surface area contributed by atoms with Crippen molar-refractivity contribution in [3.05, 3.63) is 124 Å². The highest BCUT2D eigenvalue weighted by atomic mass is 16.2. The Balaban J connectivity index is 1.31. The number of rotatable bonds is 17. The fraction of sp³-hybridized carbons (Fsp3) is 0.293. The fourth-order valence-corrected chi connectivity index (χ4v) is 6.29. The third kappa shape index (κ3) is 8.52. The van der Waals surface area contributed by atoms with Crippen LogP contribution >= 0.6 is 0 Å². The molecule has 0 fully saturated rings. The summed E-state index contributed by atoms with van der Waals surface area (Å²) in [6.07, 6.45) is 13.7. The van der Waals surface area contributed by atoms with Crippen LogP contribution in [0.3, 0.4) is 0 Å². The number of anilines is 3. The zero-order chi connectivity index (χ0) is 35.5. The van der Waals surface area contributed by atoms with Crippen LogP contribution in [0.2, 0.25) is 0 Å². The third-order valence-corrected chi connectivity index (χ3v) is 9.02. The topological polar surface area (TPSA) is 139 Å². The normalized spacial score (nSPS) is 12.1. The minimum atomic E-state index is -0.815. The summed E-state index contributed by atoms with van der Waals surface area (Å²) in [5.41, 5.74) is 7.26. The van der Waals surface area contributed by atoms with E-state index in [1.54, 1.807) is 42.5 Å². The van der Waals surface area contributed by atoms with E-state index in [2.05, 4.69) is 17.6 Å². The quantitative estimate of drug-likeness (QED) is 0.0762. The number of nitrogens with zero attached hydrogens (tertiary/aromatic N) is 1. The Labute approximate surface area is 293 Å². The largest absolute Gasteiger partial charge is 0.366 e. The molecule has 5 amide bonds. The fourth-order valence-electron chi connectivity index (χ4n) is 6.29. The number of primary amides is 1. The molecular weight excluding hydrogens is 628 g/mol. The van der Waals surface area contributed by atoms with Crippen LogP contribution in [0.5, 0.6) is 0 Å². The van der Waals surface area contributed by atoms with Crippen LogP contribution in [0.4, 0.5) is 17.1 Å². The number of hydrogen-bond acceptors (Lipinski definition) is 5. The van der Waals surface area contributed by atoms with Crippen molar-refractivity contribution in [2.75, 3.05) is 15.5 Å². The number of para-hydroxylation sites is 1. The first-order valence-corrected chi connectivity index (χ1v) is 17.5. The van der Waals surface area contributed by atoms with Gasteiger partial charge in [0.2, 0.25) is 0 Å². The van der Waals surface area contributed by atoms with Gasteiger partial charge in [-0.25, -0.2) is 4.90 Å². The molecule has 1 aliphatic rings. The zero-order valence-corrected chi connectivity index (χ0v) is 28.5. The van der Waals surface area contributed by atoms with Gasteiger partial charge in [0.1, 0.15) is 0 Å². The number of nitrogens with one attached hydrogen (secondary N) is 2. The molecule has 50 heavy (non-hydrogen) atoms. The van der Waals surface area contributed by atoms with Gasteiger partial charge in [-0.3, -0.25) is 24.0 Å². The standard InChI is InChI=1S/C41H44N4O5/c1-2-3-4-5-6-7-8-9-10-12-17-28-22-24-30(25-23-28)43-39(48)33-27-26-32-35(36(33)44-38(47)29-18-13-11-14-19-29)41(50)45(40(32)49)34-21-16-15-20-31(34)37(42)46/h11,13-16,18-27H,2-10,12,17H2,1H3,(H2,42,46)(H,43,48)(H,44,47). The van der Waals surface area contributed by atoms with Gasteiger partial charge in [-0.2, -0.15) is 0 Å².